The van der Waals surface area contributed by atoms with Crippen LogP contribution in [0.5, 0.6) is 0 Å². The minimum Gasteiger partial charge on any atom is -0.356 e. The van der Waals surface area contributed by atoms with Crippen LogP contribution in [0.2, 0.25) is 0 Å². The van der Waals surface area contributed by atoms with Crippen molar-refractivity contribution in [1.82, 2.24) is 9.55 Å². The van der Waals surface area contributed by atoms with Crippen molar-refractivity contribution in [3.05, 3.63) is 80.7 Å². The summed E-state index contributed by atoms with van der Waals surface area (Å²) in [7, 11) is 0. The van der Waals surface area contributed by atoms with E-state index in [1.807, 2.05) is 67.6 Å². The molecule has 152 valence electrons. The third-order valence-electron chi connectivity index (χ3n) is 4.61. The second-order valence-electron chi connectivity index (χ2n) is 6.75. The van der Waals surface area contributed by atoms with E-state index in [0.717, 1.165) is 27.5 Å². The number of benzene rings is 2. The Kier molecular flexibility index (Phi) is 5.78. The lowest BCUT2D eigenvalue weighted by Crippen LogP contribution is -2.28. The SMILES string of the molecule is CCc1cc2c(=O)n(CC(=O)Nc3ccc(Nc4ccccc4)cc3)c(=S)[nH]c2s1. The Hall–Kier alpha value is -3.23. The van der Waals surface area contributed by atoms with Gasteiger partial charge in [0.15, 0.2) is 4.77 Å². The minimum atomic E-state index is -0.314. The largest absolute Gasteiger partial charge is 0.356 e. The zero-order valence-corrected chi connectivity index (χ0v) is 17.9. The molecule has 6 nitrogen and oxygen atoms in total. The first-order valence-corrected chi connectivity index (χ1v) is 10.7. The molecule has 0 saturated carbocycles. The van der Waals surface area contributed by atoms with Crippen LogP contribution in [0.4, 0.5) is 17.1 Å². The van der Waals surface area contributed by atoms with Gasteiger partial charge in [0.2, 0.25) is 5.91 Å². The lowest BCUT2D eigenvalue weighted by molar-refractivity contribution is -0.116. The van der Waals surface area contributed by atoms with E-state index in [0.29, 0.717) is 11.1 Å². The number of rotatable bonds is 6. The number of aromatic amines is 1. The van der Waals surface area contributed by atoms with E-state index in [1.165, 1.54) is 15.9 Å². The first-order chi connectivity index (χ1) is 14.5. The molecular weight excluding hydrogens is 416 g/mol. The molecule has 0 saturated heterocycles. The maximum atomic E-state index is 12.8. The fourth-order valence-corrected chi connectivity index (χ4v) is 4.38. The van der Waals surface area contributed by atoms with E-state index in [-0.39, 0.29) is 22.8 Å². The predicted molar refractivity (Wildman–Crippen MR) is 125 cm³/mol. The number of hydrogen-bond acceptors (Lipinski definition) is 5. The summed E-state index contributed by atoms with van der Waals surface area (Å²) in [6.45, 7) is 1.89. The highest BCUT2D eigenvalue weighted by Crippen LogP contribution is 2.22. The number of hydrogen-bond donors (Lipinski definition) is 3. The van der Waals surface area contributed by atoms with Crippen molar-refractivity contribution < 1.29 is 4.79 Å². The topological polar surface area (TPSA) is 78.9 Å². The lowest BCUT2D eigenvalue weighted by atomic mass is 10.2. The molecule has 1 amide bonds. The molecule has 8 heteroatoms. The van der Waals surface area contributed by atoms with Gasteiger partial charge in [0.1, 0.15) is 11.4 Å². The summed E-state index contributed by atoms with van der Waals surface area (Å²) < 4.78 is 1.54. The van der Waals surface area contributed by atoms with Crippen molar-refractivity contribution in [3.63, 3.8) is 0 Å². The van der Waals surface area contributed by atoms with Crippen molar-refractivity contribution >= 4 is 56.7 Å². The van der Waals surface area contributed by atoms with Gasteiger partial charge >= 0.3 is 0 Å². The Morgan fingerprint density at radius 2 is 1.73 bits per heavy atom. The Morgan fingerprint density at radius 3 is 2.43 bits per heavy atom. The summed E-state index contributed by atoms with van der Waals surface area (Å²) in [6, 6.07) is 19.1. The number of anilines is 3. The first-order valence-electron chi connectivity index (χ1n) is 9.51. The fraction of sp³-hybridized carbons (Fsp3) is 0.136. The van der Waals surface area contributed by atoms with Gasteiger partial charge in [-0.15, -0.1) is 11.3 Å². The van der Waals surface area contributed by atoms with E-state index in [2.05, 4.69) is 15.6 Å². The normalized spacial score (nSPS) is 10.8. The second kappa shape index (κ2) is 8.64. The minimum absolute atomic E-state index is 0.147. The van der Waals surface area contributed by atoms with Crippen molar-refractivity contribution in [2.45, 2.75) is 19.9 Å². The molecule has 0 atom stereocenters. The number of aryl methyl sites for hydroxylation is 1. The van der Waals surface area contributed by atoms with Crippen molar-refractivity contribution in [2.75, 3.05) is 10.6 Å². The van der Waals surface area contributed by atoms with Crippen LogP contribution in [-0.2, 0) is 17.8 Å². The van der Waals surface area contributed by atoms with E-state index in [9.17, 15) is 9.59 Å². The third-order valence-corrected chi connectivity index (χ3v) is 6.12. The molecule has 0 unspecified atom stereocenters. The molecule has 0 radical (unpaired) electrons. The van der Waals surface area contributed by atoms with E-state index in [4.69, 9.17) is 12.2 Å². The van der Waals surface area contributed by atoms with Crippen LogP contribution in [0.1, 0.15) is 11.8 Å². The molecule has 3 N–H and O–H groups in total. The maximum Gasteiger partial charge on any atom is 0.263 e. The van der Waals surface area contributed by atoms with Gasteiger partial charge in [-0.3, -0.25) is 14.2 Å². The number of nitrogens with zero attached hydrogens (tertiary/aromatic N) is 1. The highest BCUT2D eigenvalue weighted by Gasteiger charge is 2.12. The molecule has 0 aliphatic carbocycles. The number of nitrogens with one attached hydrogen (secondary N) is 3. The van der Waals surface area contributed by atoms with E-state index >= 15 is 0 Å². The van der Waals surface area contributed by atoms with Crippen LogP contribution in [0.15, 0.2) is 65.5 Å². The summed E-state index contributed by atoms with van der Waals surface area (Å²) in [4.78, 5) is 30.2. The van der Waals surface area contributed by atoms with Gasteiger partial charge in [-0.05, 0) is 61.1 Å². The summed E-state index contributed by atoms with van der Waals surface area (Å²) in [5.41, 5.74) is 2.29. The summed E-state index contributed by atoms with van der Waals surface area (Å²) >= 11 is 6.82. The maximum absolute atomic E-state index is 12.8. The Bertz CT molecular complexity index is 1310. The molecule has 2 heterocycles. The molecule has 0 spiro atoms. The third kappa shape index (κ3) is 4.34. The predicted octanol–water partition coefficient (Wildman–Crippen LogP) is 5.07. The molecule has 0 aliphatic rings. The van der Waals surface area contributed by atoms with Gasteiger partial charge in [-0.2, -0.15) is 0 Å². The number of H-pyrrole nitrogens is 1. The number of amides is 1. The number of carbonyl (C=O) groups excluding carboxylic acids is 1. The van der Waals surface area contributed by atoms with Gasteiger partial charge in [0.05, 0.1) is 5.39 Å². The summed E-state index contributed by atoms with van der Waals surface area (Å²) in [5.74, 6) is -0.314. The van der Waals surface area contributed by atoms with Gasteiger partial charge in [-0.1, -0.05) is 25.1 Å². The van der Waals surface area contributed by atoms with E-state index in [1.54, 1.807) is 0 Å². The van der Waals surface area contributed by atoms with E-state index < -0.39 is 0 Å². The zero-order valence-electron chi connectivity index (χ0n) is 16.3. The van der Waals surface area contributed by atoms with Crippen LogP contribution < -0.4 is 16.2 Å². The molecule has 0 fully saturated rings. The number of thiophene rings is 1. The molecule has 2 aromatic heterocycles. The number of fused-ring (bicyclic) bond motifs is 1. The number of para-hydroxylation sites is 1. The lowest BCUT2D eigenvalue weighted by Gasteiger charge is -2.10. The molecule has 0 aliphatic heterocycles. The molecule has 4 rings (SSSR count). The molecule has 0 bridgehead atoms. The number of carbonyl (C=O) groups is 1. The molecule has 30 heavy (non-hydrogen) atoms. The quantitative estimate of drug-likeness (QED) is 0.369. The average Bonchev–Trinajstić information content (AvgIpc) is 3.16. The van der Waals surface area contributed by atoms with Gasteiger partial charge in [0, 0.05) is 21.9 Å². The average molecular weight is 437 g/mol. The molecular formula is C22H20N4O2S2. The van der Waals surface area contributed by atoms with Crippen LogP contribution in [-0.4, -0.2) is 15.5 Å². The van der Waals surface area contributed by atoms with Crippen LogP contribution >= 0.6 is 23.6 Å². The number of aromatic nitrogens is 2. The monoisotopic (exact) mass is 436 g/mol. The van der Waals surface area contributed by atoms with Gasteiger partial charge < -0.3 is 15.6 Å². The van der Waals surface area contributed by atoms with Crippen LogP contribution in [0, 0.1) is 4.77 Å². The van der Waals surface area contributed by atoms with Crippen molar-refractivity contribution in [1.29, 1.82) is 0 Å². The Labute approximate surface area is 182 Å². The smallest absolute Gasteiger partial charge is 0.263 e. The highest BCUT2D eigenvalue weighted by molar-refractivity contribution is 7.71. The molecule has 2 aromatic carbocycles. The molecule has 4 aromatic rings. The highest BCUT2D eigenvalue weighted by atomic mass is 32.1. The Balaban J connectivity index is 1.47. The van der Waals surface area contributed by atoms with Crippen molar-refractivity contribution in [3.8, 4) is 0 Å². The zero-order chi connectivity index (χ0) is 21.1. The van der Waals surface area contributed by atoms with Gasteiger partial charge in [0.25, 0.3) is 5.56 Å². The summed E-state index contributed by atoms with van der Waals surface area (Å²) in [5, 5.41) is 6.67. The van der Waals surface area contributed by atoms with Gasteiger partial charge in [-0.25, -0.2) is 0 Å². The fourth-order valence-electron chi connectivity index (χ4n) is 3.08. The first kappa shape index (κ1) is 20.1. The van der Waals surface area contributed by atoms with Crippen molar-refractivity contribution in [2.24, 2.45) is 0 Å². The van der Waals surface area contributed by atoms with Crippen LogP contribution in [0.3, 0.4) is 0 Å². The Morgan fingerprint density at radius 1 is 1.07 bits per heavy atom. The summed E-state index contributed by atoms with van der Waals surface area (Å²) in [6.07, 6.45) is 0.842. The second-order valence-corrected chi connectivity index (χ2v) is 8.27. The standard InChI is InChI=1S/C22H20N4O2S2/c1-2-17-12-18-20(30-17)25-22(29)26(21(18)28)13-19(27)24-16-10-8-15(9-11-16)23-14-6-4-3-5-7-14/h3-12,23H,2,13H2,1H3,(H,24,27)(H,25,29). The van der Waals surface area contributed by atoms with Crippen LogP contribution in [0.25, 0.3) is 10.2 Å².